The predicted molar refractivity (Wildman–Crippen MR) is 57.9 cm³/mol. The summed E-state index contributed by atoms with van der Waals surface area (Å²) in [5.74, 6) is 1.72. The molecule has 0 atom stereocenters. The van der Waals surface area contributed by atoms with Gasteiger partial charge in [0.05, 0.1) is 0 Å². The number of rotatable bonds is 3. The van der Waals surface area contributed by atoms with Crippen molar-refractivity contribution in [2.24, 2.45) is 0 Å². The smallest absolute Gasteiger partial charge is 0.252 e. The highest BCUT2D eigenvalue weighted by molar-refractivity contribution is 5.36. The fourth-order valence-electron chi connectivity index (χ4n) is 1.09. The van der Waals surface area contributed by atoms with Crippen molar-refractivity contribution in [3.63, 3.8) is 0 Å². The lowest BCUT2D eigenvalue weighted by molar-refractivity contribution is 0.758. The van der Waals surface area contributed by atoms with Crippen LogP contribution in [0.15, 0.2) is 10.9 Å². The number of anilines is 1. The summed E-state index contributed by atoms with van der Waals surface area (Å²) < 4.78 is 0. The van der Waals surface area contributed by atoms with Crippen LogP contribution in [0.4, 0.5) is 5.82 Å². The van der Waals surface area contributed by atoms with Crippen molar-refractivity contribution in [1.82, 2.24) is 9.97 Å². The van der Waals surface area contributed by atoms with E-state index in [1.165, 1.54) is 6.07 Å². The molecule has 78 valence electrons. The first kappa shape index (κ1) is 10.8. The number of H-pyrrole nitrogens is 1. The van der Waals surface area contributed by atoms with E-state index in [0.717, 1.165) is 18.2 Å². The van der Waals surface area contributed by atoms with E-state index in [0.29, 0.717) is 0 Å². The van der Waals surface area contributed by atoms with Crippen LogP contribution in [0.25, 0.3) is 0 Å². The number of aromatic amines is 1. The predicted octanol–water partition coefficient (Wildman–Crippen LogP) is 1.35. The Hall–Kier alpha value is -1.32. The van der Waals surface area contributed by atoms with Crippen LogP contribution in [0, 0.1) is 0 Å². The maximum Gasteiger partial charge on any atom is 0.252 e. The first-order valence-corrected chi connectivity index (χ1v) is 4.87. The molecule has 0 unspecified atom stereocenters. The van der Waals surface area contributed by atoms with Gasteiger partial charge >= 0.3 is 0 Å². The van der Waals surface area contributed by atoms with E-state index in [1.54, 1.807) is 0 Å². The Labute approximate surface area is 84.0 Å². The molecule has 0 bridgehead atoms. The fourth-order valence-corrected chi connectivity index (χ4v) is 1.09. The molecule has 1 heterocycles. The molecule has 0 radical (unpaired) electrons. The summed E-state index contributed by atoms with van der Waals surface area (Å²) in [5.41, 5.74) is -0.0843. The Bertz CT molecular complexity index is 357. The van der Waals surface area contributed by atoms with E-state index in [2.05, 4.69) is 9.97 Å². The standard InChI is InChI=1S/C10H17N3O/c1-5-13(4)8-6-9(14)12-10(11-8)7(2)3/h6-7H,5H2,1-4H3,(H,11,12,14). The average molecular weight is 195 g/mol. The third-order valence-electron chi connectivity index (χ3n) is 2.16. The van der Waals surface area contributed by atoms with Gasteiger partial charge in [0, 0.05) is 25.6 Å². The molecular weight excluding hydrogens is 178 g/mol. The van der Waals surface area contributed by atoms with Gasteiger partial charge in [0.1, 0.15) is 11.6 Å². The van der Waals surface area contributed by atoms with Gasteiger partial charge in [0.25, 0.3) is 5.56 Å². The molecule has 0 saturated heterocycles. The van der Waals surface area contributed by atoms with Gasteiger partial charge in [0.15, 0.2) is 0 Å². The Morgan fingerprint density at radius 2 is 2.21 bits per heavy atom. The molecule has 0 fully saturated rings. The largest absolute Gasteiger partial charge is 0.360 e. The van der Waals surface area contributed by atoms with Crippen molar-refractivity contribution >= 4 is 5.82 Å². The lowest BCUT2D eigenvalue weighted by atomic mass is 10.2. The van der Waals surface area contributed by atoms with E-state index < -0.39 is 0 Å². The molecule has 14 heavy (non-hydrogen) atoms. The normalized spacial score (nSPS) is 10.6. The molecule has 0 aliphatic heterocycles. The highest BCUT2D eigenvalue weighted by Gasteiger charge is 2.06. The summed E-state index contributed by atoms with van der Waals surface area (Å²) in [6, 6.07) is 1.52. The lowest BCUT2D eigenvalue weighted by Crippen LogP contribution is -2.22. The van der Waals surface area contributed by atoms with Gasteiger partial charge in [-0.3, -0.25) is 4.79 Å². The summed E-state index contributed by atoms with van der Waals surface area (Å²) in [6.07, 6.45) is 0. The van der Waals surface area contributed by atoms with Crippen LogP contribution in [0.1, 0.15) is 32.5 Å². The minimum Gasteiger partial charge on any atom is -0.360 e. The summed E-state index contributed by atoms with van der Waals surface area (Å²) in [5, 5.41) is 0. The molecule has 1 rings (SSSR count). The first-order chi connectivity index (χ1) is 6.54. The molecule has 0 aromatic carbocycles. The highest BCUT2D eigenvalue weighted by atomic mass is 16.1. The van der Waals surface area contributed by atoms with Crippen molar-refractivity contribution in [2.45, 2.75) is 26.7 Å². The van der Waals surface area contributed by atoms with Gasteiger partial charge in [-0.05, 0) is 6.92 Å². The molecule has 0 aliphatic rings. The van der Waals surface area contributed by atoms with Gasteiger partial charge < -0.3 is 9.88 Å². The summed E-state index contributed by atoms with van der Waals surface area (Å²) >= 11 is 0. The Kier molecular flexibility index (Phi) is 3.28. The Morgan fingerprint density at radius 1 is 1.57 bits per heavy atom. The highest BCUT2D eigenvalue weighted by Crippen LogP contribution is 2.11. The second kappa shape index (κ2) is 4.26. The van der Waals surface area contributed by atoms with Gasteiger partial charge in [-0.2, -0.15) is 0 Å². The lowest BCUT2D eigenvalue weighted by Gasteiger charge is -2.16. The van der Waals surface area contributed by atoms with E-state index in [4.69, 9.17) is 0 Å². The molecule has 0 aliphatic carbocycles. The monoisotopic (exact) mass is 195 g/mol. The van der Waals surface area contributed by atoms with Crippen molar-refractivity contribution < 1.29 is 0 Å². The number of nitrogens with zero attached hydrogens (tertiary/aromatic N) is 2. The van der Waals surface area contributed by atoms with Gasteiger partial charge in [0.2, 0.25) is 0 Å². The van der Waals surface area contributed by atoms with Crippen LogP contribution in [-0.4, -0.2) is 23.6 Å². The molecule has 1 aromatic heterocycles. The number of aromatic nitrogens is 2. The first-order valence-electron chi connectivity index (χ1n) is 4.87. The van der Waals surface area contributed by atoms with Crippen molar-refractivity contribution in [1.29, 1.82) is 0 Å². The van der Waals surface area contributed by atoms with Crippen LogP contribution < -0.4 is 10.5 Å². The zero-order chi connectivity index (χ0) is 10.7. The third-order valence-corrected chi connectivity index (χ3v) is 2.16. The topological polar surface area (TPSA) is 49.0 Å². The van der Waals surface area contributed by atoms with Gasteiger partial charge in [-0.25, -0.2) is 4.98 Å². The van der Waals surface area contributed by atoms with Crippen molar-refractivity contribution in [3.8, 4) is 0 Å². The minimum absolute atomic E-state index is 0.0843. The number of hydrogen-bond acceptors (Lipinski definition) is 3. The number of hydrogen-bond donors (Lipinski definition) is 1. The molecule has 1 aromatic rings. The van der Waals surface area contributed by atoms with E-state index in [-0.39, 0.29) is 11.5 Å². The molecular formula is C10H17N3O. The summed E-state index contributed by atoms with van der Waals surface area (Å²) in [6.45, 7) is 6.88. The third kappa shape index (κ3) is 2.34. The zero-order valence-electron chi connectivity index (χ0n) is 9.16. The van der Waals surface area contributed by atoms with Crippen molar-refractivity contribution in [2.75, 3.05) is 18.5 Å². The molecule has 4 heteroatoms. The molecule has 0 saturated carbocycles. The fraction of sp³-hybridized carbons (Fsp3) is 0.600. The van der Waals surface area contributed by atoms with Crippen LogP contribution >= 0.6 is 0 Å². The maximum atomic E-state index is 11.3. The summed E-state index contributed by atoms with van der Waals surface area (Å²) in [7, 11) is 1.92. The van der Waals surface area contributed by atoms with Crippen LogP contribution in [-0.2, 0) is 0 Å². The SMILES string of the molecule is CCN(C)c1cc(=O)[nH]c(C(C)C)n1. The van der Waals surface area contributed by atoms with Crippen LogP contribution in [0.2, 0.25) is 0 Å². The average Bonchev–Trinajstić information content (AvgIpc) is 2.15. The van der Waals surface area contributed by atoms with E-state index >= 15 is 0 Å². The van der Waals surface area contributed by atoms with E-state index in [1.807, 2.05) is 32.7 Å². The Balaban J connectivity index is 3.13. The van der Waals surface area contributed by atoms with E-state index in [9.17, 15) is 4.79 Å². The molecule has 4 nitrogen and oxygen atoms in total. The Morgan fingerprint density at radius 3 is 2.71 bits per heavy atom. The maximum absolute atomic E-state index is 11.3. The van der Waals surface area contributed by atoms with Gasteiger partial charge in [-0.1, -0.05) is 13.8 Å². The summed E-state index contributed by atoms with van der Waals surface area (Å²) in [4.78, 5) is 20.4. The van der Waals surface area contributed by atoms with Gasteiger partial charge in [-0.15, -0.1) is 0 Å². The second-order valence-corrected chi connectivity index (χ2v) is 3.66. The molecule has 0 amide bonds. The minimum atomic E-state index is -0.0843. The van der Waals surface area contributed by atoms with Crippen molar-refractivity contribution in [3.05, 3.63) is 22.2 Å². The molecule has 0 spiro atoms. The molecule has 1 N–H and O–H groups in total. The van der Waals surface area contributed by atoms with Crippen LogP contribution in [0.5, 0.6) is 0 Å². The number of nitrogens with one attached hydrogen (secondary N) is 1. The quantitative estimate of drug-likeness (QED) is 0.792. The zero-order valence-corrected chi connectivity index (χ0v) is 9.16. The second-order valence-electron chi connectivity index (χ2n) is 3.66. The van der Waals surface area contributed by atoms with Crippen LogP contribution in [0.3, 0.4) is 0 Å².